The summed E-state index contributed by atoms with van der Waals surface area (Å²) in [6.07, 6.45) is -4.10. The van der Waals surface area contributed by atoms with Gasteiger partial charge in [-0.05, 0) is 6.07 Å². The zero-order chi connectivity index (χ0) is 10.9. The van der Waals surface area contributed by atoms with Crippen LogP contribution in [0.25, 0.3) is 0 Å². The number of hydrogen-bond donors (Lipinski definition) is 1. The maximum Gasteiger partial charge on any atom is 0.417 e. The van der Waals surface area contributed by atoms with Crippen molar-refractivity contribution in [2.45, 2.75) is 11.1 Å². The Morgan fingerprint density at radius 1 is 1.50 bits per heavy atom. The highest BCUT2D eigenvalue weighted by molar-refractivity contribution is 7.79. The molecule has 0 amide bonds. The molecule has 0 saturated carbocycles. The summed E-state index contributed by atoms with van der Waals surface area (Å²) in [5.74, 6) is 0. The Balaban J connectivity index is 3.38. The average molecular weight is 246 g/mol. The molecule has 0 saturated heterocycles. The summed E-state index contributed by atoms with van der Waals surface area (Å²) >= 11 is 2.50. The second-order valence-electron chi connectivity index (χ2n) is 2.25. The van der Waals surface area contributed by atoms with Gasteiger partial charge in [0, 0.05) is 6.20 Å². The molecule has 1 aromatic rings. The fraction of sp³-hybridized carbons (Fsp3) is 0.167. The van der Waals surface area contributed by atoms with Gasteiger partial charge in [0.2, 0.25) is 0 Å². The highest BCUT2D eigenvalue weighted by Crippen LogP contribution is 2.33. The largest absolute Gasteiger partial charge is 0.417 e. The van der Waals surface area contributed by atoms with Crippen LogP contribution < -0.4 is 0 Å². The number of alkyl halides is 3. The van der Waals surface area contributed by atoms with Crippen molar-refractivity contribution in [3.05, 3.63) is 23.0 Å². The van der Waals surface area contributed by atoms with E-state index in [0.717, 1.165) is 0 Å². The lowest BCUT2D eigenvalue weighted by atomic mass is 10.2. The predicted octanol–water partition coefficient (Wildman–Crippen LogP) is 2.33. The number of hydrogen-bond acceptors (Lipinski definition) is 2. The lowest BCUT2D eigenvalue weighted by molar-refractivity contribution is -0.140. The molecule has 1 unspecified atom stereocenters. The lowest BCUT2D eigenvalue weighted by Gasteiger charge is -2.09. The van der Waals surface area contributed by atoms with Crippen LogP contribution in [0, 0.1) is 0 Å². The zero-order valence-corrected chi connectivity index (χ0v) is 7.95. The van der Waals surface area contributed by atoms with Crippen molar-refractivity contribution in [2.75, 3.05) is 0 Å². The van der Waals surface area contributed by atoms with Crippen LogP contribution in [0.4, 0.5) is 13.2 Å². The van der Waals surface area contributed by atoms with Gasteiger partial charge in [0.15, 0.2) is 11.1 Å². The van der Waals surface area contributed by atoms with Gasteiger partial charge in [0.1, 0.15) is 5.15 Å². The van der Waals surface area contributed by atoms with Crippen LogP contribution in [0.1, 0.15) is 5.56 Å². The Morgan fingerprint density at radius 2 is 2.07 bits per heavy atom. The van der Waals surface area contributed by atoms with Gasteiger partial charge < -0.3 is 4.55 Å². The minimum atomic E-state index is -4.72. The van der Waals surface area contributed by atoms with Crippen LogP contribution in [0.5, 0.6) is 0 Å². The molecule has 1 heterocycles. The first-order valence-electron chi connectivity index (χ1n) is 3.16. The minimum absolute atomic E-state index is 0.383. The third-order valence-electron chi connectivity index (χ3n) is 1.33. The molecule has 1 aromatic heterocycles. The van der Waals surface area contributed by atoms with Crippen molar-refractivity contribution in [3.8, 4) is 0 Å². The van der Waals surface area contributed by atoms with E-state index >= 15 is 0 Å². The van der Waals surface area contributed by atoms with Gasteiger partial charge in [-0.15, -0.1) is 0 Å². The average Bonchev–Trinajstić information content (AvgIpc) is 2.01. The molecule has 8 heteroatoms. The Hall–Kier alpha value is -0.660. The van der Waals surface area contributed by atoms with Crippen molar-refractivity contribution >= 4 is 22.7 Å². The Bertz CT molecular complexity index is 382. The molecule has 0 spiro atoms. The SMILES string of the molecule is O=S(O)c1cnc(Cl)cc1C(F)(F)F. The normalized spacial score (nSPS) is 14.1. The van der Waals surface area contributed by atoms with Gasteiger partial charge in [-0.25, -0.2) is 9.19 Å². The monoisotopic (exact) mass is 245 g/mol. The van der Waals surface area contributed by atoms with Gasteiger partial charge in [-0.3, -0.25) is 0 Å². The second-order valence-corrected chi connectivity index (χ2v) is 3.58. The van der Waals surface area contributed by atoms with E-state index in [0.29, 0.717) is 12.3 Å². The molecule has 1 rings (SSSR count). The highest BCUT2D eigenvalue weighted by Gasteiger charge is 2.35. The van der Waals surface area contributed by atoms with E-state index in [1.54, 1.807) is 0 Å². The van der Waals surface area contributed by atoms with E-state index in [4.69, 9.17) is 16.2 Å². The Labute approximate surface area is 84.2 Å². The minimum Gasteiger partial charge on any atom is -0.302 e. The standard InChI is InChI=1S/C6H3ClF3NO2S/c7-5-1-3(6(8,9)10)4(2-11-5)14(12)13/h1-2H,(H,12,13). The van der Waals surface area contributed by atoms with Crippen LogP contribution in [0.15, 0.2) is 17.2 Å². The third kappa shape index (κ3) is 2.43. The number of halogens is 4. The maximum absolute atomic E-state index is 12.3. The summed E-state index contributed by atoms with van der Waals surface area (Å²) < 4.78 is 55.8. The molecule has 1 N–H and O–H groups in total. The Morgan fingerprint density at radius 3 is 2.50 bits per heavy atom. The first-order valence-corrected chi connectivity index (χ1v) is 4.64. The van der Waals surface area contributed by atoms with Gasteiger partial charge in [0.05, 0.1) is 10.5 Å². The van der Waals surface area contributed by atoms with Crippen molar-refractivity contribution in [1.82, 2.24) is 4.98 Å². The van der Waals surface area contributed by atoms with E-state index in [1.165, 1.54) is 0 Å². The van der Waals surface area contributed by atoms with Gasteiger partial charge in [0.25, 0.3) is 0 Å². The molecule has 0 bridgehead atoms. The zero-order valence-electron chi connectivity index (χ0n) is 6.38. The van der Waals surface area contributed by atoms with Crippen molar-refractivity contribution in [3.63, 3.8) is 0 Å². The molecule has 1 atom stereocenters. The quantitative estimate of drug-likeness (QED) is 0.610. The molecule has 0 radical (unpaired) electrons. The summed E-state index contributed by atoms with van der Waals surface area (Å²) in [5.41, 5.74) is -1.25. The van der Waals surface area contributed by atoms with Gasteiger partial charge in [-0.1, -0.05) is 11.6 Å². The molecule has 0 aliphatic rings. The summed E-state index contributed by atoms with van der Waals surface area (Å²) in [5, 5.41) is -0.383. The smallest absolute Gasteiger partial charge is 0.302 e. The molecular weight excluding hydrogens is 243 g/mol. The van der Waals surface area contributed by atoms with Gasteiger partial charge in [-0.2, -0.15) is 13.2 Å². The predicted molar refractivity (Wildman–Crippen MR) is 43.3 cm³/mol. The van der Waals surface area contributed by atoms with Crippen LogP contribution in [0.3, 0.4) is 0 Å². The molecule has 0 fully saturated rings. The molecular formula is C6H3ClF3NO2S. The molecule has 78 valence electrons. The topological polar surface area (TPSA) is 50.2 Å². The molecule has 14 heavy (non-hydrogen) atoms. The maximum atomic E-state index is 12.3. The van der Waals surface area contributed by atoms with Crippen LogP contribution in [-0.2, 0) is 17.3 Å². The molecule has 0 aliphatic heterocycles. The highest BCUT2D eigenvalue weighted by atomic mass is 35.5. The fourth-order valence-electron chi connectivity index (χ4n) is 0.778. The van der Waals surface area contributed by atoms with E-state index in [-0.39, 0.29) is 5.15 Å². The first kappa shape index (κ1) is 11.4. The Kier molecular flexibility index (Phi) is 3.13. The first-order chi connectivity index (χ1) is 6.32. The van der Waals surface area contributed by atoms with Gasteiger partial charge >= 0.3 is 6.18 Å². The van der Waals surface area contributed by atoms with E-state index in [9.17, 15) is 17.4 Å². The summed E-state index contributed by atoms with van der Waals surface area (Å²) in [7, 11) is 0. The van der Waals surface area contributed by atoms with E-state index < -0.39 is 27.7 Å². The fourth-order valence-corrected chi connectivity index (χ4v) is 1.44. The van der Waals surface area contributed by atoms with Crippen molar-refractivity contribution in [2.24, 2.45) is 0 Å². The van der Waals surface area contributed by atoms with Crippen molar-refractivity contribution < 1.29 is 21.9 Å². The number of aromatic nitrogens is 1. The molecule has 3 nitrogen and oxygen atoms in total. The van der Waals surface area contributed by atoms with E-state index in [1.807, 2.05) is 0 Å². The van der Waals surface area contributed by atoms with Crippen molar-refractivity contribution in [1.29, 1.82) is 0 Å². The lowest BCUT2D eigenvalue weighted by Crippen LogP contribution is -2.10. The number of pyridine rings is 1. The van der Waals surface area contributed by atoms with Crippen LogP contribution >= 0.6 is 11.6 Å². The molecule has 0 aromatic carbocycles. The summed E-state index contributed by atoms with van der Waals surface area (Å²) in [4.78, 5) is 2.48. The number of rotatable bonds is 1. The van der Waals surface area contributed by atoms with E-state index in [2.05, 4.69) is 4.98 Å². The third-order valence-corrected chi connectivity index (χ3v) is 2.24. The number of nitrogens with zero attached hydrogens (tertiary/aromatic N) is 1. The van der Waals surface area contributed by atoms with Crippen LogP contribution in [-0.4, -0.2) is 13.7 Å². The van der Waals surface area contributed by atoms with Crippen LogP contribution in [0.2, 0.25) is 5.15 Å². The second kappa shape index (κ2) is 3.84. The summed E-state index contributed by atoms with van der Waals surface area (Å²) in [6.45, 7) is 0. The molecule has 0 aliphatic carbocycles. The summed E-state index contributed by atoms with van der Waals surface area (Å²) in [6, 6.07) is 0.505.